The third-order valence-corrected chi connectivity index (χ3v) is 3.99. The molecule has 0 aliphatic heterocycles. The molecule has 1 amide bonds. The van der Waals surface area contributed by atoms with Gasteiger partial charge < -0.3 is 15.2 Å². The standard InChI is InChI=1S/C19H25N3O2/c1-12-17(14(3)23)13(2)21-18(12)19(24)20-10-15-6-8-16(9-7-15)11-22(4)5/h6-9,21H,10-11H2,1-5H3,(H,20,24). The van der Waals surface area contributed by atoms with Gasteiger partial charge in [-0.2, -0.15) is 0 Å². The topological polar surface area (TPSA) is 65.2 Å². The second-order valence-electron chi connectivity index (χ2n) is 6.42. The highest BCUT2D eigenvalue weighted by atomic mass is 16.2. The second kappa shape index (κ2) is 7.45. The summed E-state index contributed by atoms with van der Waals surface area (Å²) in [4.78, 5) is 29.2. The molecule has 1 aromatic heterocycles. The maximum absolute atomic E-state index is 12.4. The van der Waals surface area contributed by atoms with E-state index in [4.69, 9.17) is 0 Å². The molecule has 0 aliphatic carbocycles. The molecule has 2 aromatic rings. The third kappa shape index (κ3) is 4.11. The molecule has 0 spiro atoms. The van der Waals surface area contributed by atoms with E-state index in [1.54, 1.807) is 6.92 Å². The number of nitrogens with one attached hydrogen (secondary N) is 2. The van der Waals surface area contributed by atoms with Crippen LogP contribution >= 0.6 is 0 Å². The molecule has 0 atom stereocenters. The van der Waals surface area contributed by atoms with Crippen molar-refractivity contribution in [3.63, 3.8) is 0 Å². The minimum atomic E-state index is -0.194. The number of amides is 1. The summed E-state index contributed by atoms with van der Waals surface area (Å²) in [5, 5.41) is 2.90. The number of aryl methyl sites for hydroxylation is 1. The van der Waals surface area contributed by atoms with Crippen LogP contribution in [0.1, 0.15) is 50.2 Å². The smallest absolute Gasteiger partial charge is 0.268 e. The van der Waals surface area contributed by atoms with Crippen LogP contribution in [0, 0.1) is 13.8 Å². The summed E-state index contributed by atoms with van der Waals surface area (Å²) < 4.78 is 0. The van der Waals surface area contributed by atoms with Crippen molar-refractivity contribution in [2.24, 2.45) is 0 Å². The molecule has 24 heavy (non-hydrogen) atoms. The van der Waals surface area contributed by atoms with E-state index in [0.717, 1.165) is 17.8 Å². The van der Waals surface area contributed by atoms with Crippen molar-refractivity contribution < 1.29 is 9.59 Å². The molecule has 0 fully saturated rings. The number of hydrogen-bond donors (Lipinski definition) is 2. The van der Waals surface area contributed by atoms with Gasteiger partial charge in [0.05, 0.1) is 0 Å². The van der Waals surface area contributed by atoms with Gasteiger partial charge in [0.2, 0.25) is 0 Å². The van der Waals surface area contributed by atoms with Gasteiger partial charge in [0.1, 0.15) is 5.69 Å². The van der Waals surface area contributed by atoms with Gasteiger partial charge >= 0.3 is 0 Å². The molecule has 0 unspecified atom stereocenters. The van der Waals surface area contributed by atoms with E-state index in [0.29, 0.717) is 23.4 Å². The van der Waals surface area contributed by atoms with E-state index >= 15 is 0 Å². The van der Waals surface area contributed by atoms with E-state index in [1.807, 2.05) is 33.2 Å². The van der Waals surface area contributed by atoms with Crippen LogP contribution in [-0.4, -0.2) is 35.7 Å². The normalized spacial score (nSPS) is 10.9. The first-order valence-corrected chi connectivity index (χ1v) is 8.00. The minimum absolute atomic E-state index is 0.0308. The van der Waals surface area contributed by atoms with E-state index in [9.17, 15) is 9.59 Å². The first kappa shape index (κ1) is 17.9. The summed E-state index contributed by atoms with van der Waals surface area (Å²) in [7, 11) is 4.06. The van der Waals surface area contributed by atoms with E-state index < -0.39 is 0 Å². The number of nitrogens with zero attached hydrogens (tertiary/aromatic N) is 1. The first-order chi connectivity index (χ1) is 11.3. The molecule has 2 rings (SSSR count). The Bertz CT molecular complexity index is 743. The molecule has 128 valence electrons. The van der Waals surface area contributed by atoms with Crippen LogP contribution < -0.4 is 5.32 Å². The molecule has 0 aliphatic rings. The molecule has 5 heteroatoms. The van der Waals surface area contributed by atoms with Crippen LogP contribution in [0.3, 0.4) is 0 Å². The number of carbonyl (C=O) groups excluding carboxylic acids is 2. The largest absolute Gasteiger partial charge is 0.354 e. The van der Waals surface area contributed by atoms with Crippen LogP contribution in [0.15, 0.2) is 24.3 Å². The van der Waals surface area contributed by atoms with Gasteiger partial charge in [0, 0.05) is 24.3 Å². The van der Waals surface area contributed by atoms with Crippen LogP contribution in [0.5, 0.6) is 0 Å². The molecular formula is C19H25N3O2. The molecule has 0 bridgehead atoms. The van der Waals surface area contributed by atoms with E-state index in [-0.39, 0.29) is 11.7 Å². The van der Waals surface area contributed by atoms with Gasteiger partial charge in [-0.15, -0.1) is 0 Å². The van der Waals surface area contributed by atoms with Crippen LogP contribution in [0.25, 0.3) is 0 Å². The number of carbonyl (C=O) groups is 2. The summed E-state index contributed by atoms with van der Waals surface area (Å²) in [6.07, 6.45) is 0. The Labute approximate surface area is 143 Å². The lowest BCUT2D eigenvalue weighted by Crippen LogP contribution is -2.24. The van der Waals surface area contributed by atoms with Gasteiger partial charge in [-0.05, 0) is 51.6 Å². The van der Waals surface area contributed by atoms with Crippen molar-refractivity contribution in [3.05, 3.63) is 57.9 Å². The Morgan fingerprint density at radius 2 is 1.67 bits per heavy atom. The lowest BCUT2D eigenvalue weighted by molar-refractivity contribution is 0.0945. The van der Waals surface area contributed by atoms with Crippen molar-refractivity contribution >= 4 is 11.7 Å². The van der Waals surface area contributed by atoms with Gasteiger partial charge in [-0.1, -0.05) is 24.3 Å². The average molecular weight is 327 g/mol. The van der Waals surface area contributed by atoms with Crippen molar-refractivity contribution in [1.82, 2.24) is 15.2 Å². The predicted molar refractivity (Wildman–Crippen MR) is 95.3 cm³/mol. The van der Waals surface area contributed by atoms with Crippen molar-refractivity contribution in [3.8, 4) is 0 Å². The van der Waals surface area contributed by atoms with Crippen LogP contribution in [0.4, 0.5) is 0 Å². The summed E-state index contributed by atoms with van der Waals surface area (Å²) in [6.45, 7) is 6.46. The minimum Gasteiger partial charge on any atom is -0.354 e. The molecular weight excluding hydrogens is 302 g/mol. The predicted octanol–water partition coefficient (Wildman–Crippen LogP) is 2.83. The fourth-order valence-corrected chi connectivity index (χ4v) is 2.90. The number of benzene rings is 1. The highest BCUT2D eigenvalue weighted by Gasteiger charge is 2.19. The summed E-state index contributed by atoms with van der Waals surface area (Å²) in [5.41, 5.74) is 4.78. The van der Waals surface area contributed by atoms with E-state index in [2.05, 4.69) is 27.3 Å². The van der Waals surface area contributed by atoms with Crippen LogP contribution in [0.2, 0.25) is 0 Å². The third-order valence-electron chi connectivity index (χ3n) is 3.99. The van der Waals surface area contributed by atoms with Gasteiger partial charge in [-0.3, -0.25) is 9.59 Å². The number of hydrogen-bond acceptors (Lipinski definition) is 3. The van der Waals surface area contributed by atoms with Gasteiger partial charge in [0.25, 0.3) is 5.91 Å². The Balaban J connectivity index is 2.03. The number of ketones is 1. The SMILES string of the molecule is CC(=O)c1c(C)[nH]c(C(=O)NCc2ccc(CN(C)C)cc2)c1C. The Hall–Kier alpha value is -2.40. The fourth-order valence-electron chi connectivity index (χ4n) is 2.90. The molecule has 0 radical (unpaired) electrons. The quantitative estimate of drug-likeness (QED) is 0.802. The van der Waals surface area contributed by atoms with E-state index in [1.165, 1.54) is 12.5 Å². The van der Waals surface area contributed by atoms with Gasteiger partial charge in [-0.25, -0.2) is 0 Å². The summed E-state index contributed by atoms with van der Waals surface area (Å²) >= 11 is 0. The lowest BCUT2D eigenvalue weighted by Gasteiger charge is -2.10. The lowest BCUT2D eigenvalue weighted by atomic mass is 10.1. The summed E-state index contributed by atoms with van der Waals surface area (Å²) in [5.74, 6) is -0.225. The molecule has 0 saturated carbocycles. The monoisotopic (exact) mass is 327 g/mol. The first-order valence-electron chi connectivity index (χ1n) is 8.00. The number of aromatic nitrogens is 1. The second-order valence-corrected chi connectivity index (χ2v) is 6.42. The number of Topliss-reactive ketones (excluding diaryl/α,β-unsaturated/α-hetero) is 1. The molecule has 5 nitrogen and oxygen atoms in total. The van der Waals surface area contributed by atoms with Crippen molar-refractivity contribution in [2.45, 2.75) is 33.9 Å². The Kier molecular flexibility index (Phi) is 5.57. The number of H-pyrrole nitrogens is 1. The fraction of sp³-hybridized carbons (Fsp3) is 0.368. The molecule has 2 N–H and O–H groups in total. The Morgan fingerprint density at radius 1 is 1.08 bits per heavy atom. The molecule has 1 heterocycles. The van der Waals surface area contributed by atoms with Crippen LogP contribution in [-0.2, 0) is 13.1 Å². The van der Waals surface area contributed by atoms with Gasteiger partial charge in [0.15, 0.2) is 5.78 Å². The highest BCUT2D eigenvalue weighted by molar-refractivity contribution is 6.02. The summed E-state index contributed by atoms with van der Waals surface area (Å²) in [6, 6.07) is 8.18. The molecule has 0 saturated heterocycles. The maximum Gasteiger partial charge on any atom is 0.268 e. The number of aromatic amines is 1. The Morgan fingerprint density at radius 3 is 2.17 bits per heavy atom. The highest BCUT2D eigenvalue weighted by Crippen LogP contribution is 2.18. The van der Waals surface area contributed by atoms with Crippen molar-refractivity contribution in [1.29, 1.82) is 0 Å². The molecule has 1 aromatic carbocycles. The zero-order valence-electron chi connectivity index (χ0n) is 15.0. The zero-order valence-corrected chi connectivity index (χ0v) is 15.0. The number of rotatable bonds is 6. The zero-order chi connectivity index (χ0) is 17.9. The maximum atomic E-state index is 12.4. The van der Waals surface area contributed by atoms with Crippen molar-refractivity contribution in [2.75, 3.05) is 14.1 Å². The average Bonchev–Trinajstić information content (AvgIpc) is 2.80.